The van der Waals surface area contributed by atoms with Crippen molar-refractivity contribution in [2.24, 2.45) is 11.8 Å². The molecule has 20 heavy (non-hydrogen) atoms. The largest absolute Gasteiger partial charge is 0.469 e. The maximum Gasteiger partial charge on any atom is 0.310 e. The van der Waals surface area contributed by atoms with Crippen LogP contribution in [0.1, 0.15) is 17.3 Å². The van der Waals surface area contributed by atoms with Crippen molar-refractivity contribution in [3.8, 4) is 0 Å². The molecule has 0 bridgehead atoms. The SMILES string of the molecule is COC(=O)C1CN(C(=O)c2ccc(Br)c(Cl)c2)CC1C. The molecule has 6 heteroatoms. The van der Waals surface area contributed by atoms with Gasteiger partial charge in [-0.1, -0.05) is 18.5 Å². The van der Waals surface area contributed by atoms with Crippen LogP contribution in [0.5, 0.6) is 0 Å². The van der Waals surface area contributed by atoms with Crippen molar-refractivity contribution in [3.63, 3.8) is 0 Å². The van der Waals surface area contributed by atoms with Crippen LogP contribution in [-0.2, 0) is 9.53 Å². The van der Waals surface area contributed by atoms with Crippen molar-refractivity contribution in [1.82, 2.24) is 4.90 Å². The fraction of sp³-hybridized carbons (Fsp3) is 0.429. The highest BCUT2D eigenvalue weighted by atomic mass is 79.9. The average molecular weight is 361 g/mol. The number of benzene rings is 1. The summed E-state index contributed by atoms with van der Waals surface area (Å²) in [6.07, 6.45) is 0. The first kappa shape index (κ1) is 15.3. The van der Waals surface area contributed by atoms with Crippen molar-refractivity contribution >= 4 is 39.4 Å². The summed E-state index contributed by atoms with van der Waals surface area (Å²) in [4.78, 5) is 25.7. The molecule has 4 nitrogen and oxygen atoms in total. The molecule has 0 spiro atoms. The second-order valence-corrected chi connectivity index (χ2v) is 6.21. The van der Waals surface area contributed by atoms with Crippen LogP contribution in [0.3, 0.4) is 0 Å². The molecule has 1 aliphatic heterocycles. The first-order chi connectivity index (χ1) is 9.43. The van der Waals surface area contributed by atoms with Crippen LogP contribution in [0.15, 0.2) is 22.7 Å². The maximum absolute atomic E-state index is 12.4. The van der Waals surface area contributed by atoms with Gasteiger partial charge < -0.3 is 9.64 Å². The van der Waals surface area contributed by atoms with Crippen molar-refractivity contribution in [2.75, 3.05) is 20.2 Å². The Morgan fingerprint density at radius 3 is 2.70 bits per heavy atom. The van der Waals surface area contributed by atoms with E-state index in [1.807, 2.05) is 6.92 Å². The van der Waals surface area contributed by atoms with E-state index in [0.29, 0.717) is 23.7 Å². The summed E-state index contributed by atoms with van der Waals surface area (Å²) < 4.78 is 5.52. The predicted molar refractivity (Wildman–Crippen MR) is 79.7 cm³/mol. The van der Waals surface area contributed by atoms with Gasteiger partial charge in [-0.25, -0.2) is 0 Å². The molecule has 108 valence electrons. The number of ether oxygens (including phenoxy) is 1. The summed E-state index contributed by atoms with van der Waals surface area (Å²) in [6, 6.07) is 5.09. The zero-order chi connectivity index (χ0) is 14.9. The van der Waals surface area contributed by atoms with Gasteiger partial charge in [-0.2, -0.15) is 0 Å². The Hall–Kier alpha value is -1.07. The van der Waals surface area contributed by atoms with E-state index in [1.165, 1.54) is 7.11 Å². The summed E-state index contributed by atoms with van der Waals surface area (Å²) in [5.74, 6) is -0.536. The number of carbonyl (C=O) groups is 2. The van der Waals surface area contributed by atoms with Crippen molar-refractivity contribution < 1.29 is 14.3 Å². The fourth-order valence-corrected chi connectivity index (χ4v) is 2.83. The lowest BCUT2D eigenvalue weighted by atomic mass is 9.99. The molecule has 0 aromatic heterocycles. The van der Waals surface area contributed by atoms with Gasteiger partial charge in [0.15, 0.2) is 0 Å². The zero-order valence-corrected chi connectivity index (χ0v) is 13.6. The summed E-state index contributed by atoms with van der Waals surface area (Å²) in [7, 11) is 1.37. The molecule has 1 amide bonds. The van der Waals surface area contributed by atoms with Crippen LogP contribution in [0.2, 0.25) is 5.02 Å². The van der Waals surface area contributed by atoms with Crippen molar-refractivity contribution in [3.05, 3.63) is 33.3 Å². The number of amides is 1. The summed E-state index contributed by atoms with van der Waals surface area (Å²) in [5, 5.41) is 0.493. The maximum atomic E-state index is 12.4. The number of hydrogen-bond acceptors (Lipinski definition) is 3. The monoisotopic (exact) mass is 359 g/mol. The third kappa shape index (κ3) is 2.99. The van der Waals surface area contributed by atoms with Gasteiger partial charge in [0.25, 0.3) is 5.91 Å². The van der Waals surface area contributed by atoms with Crippen molar-refractivity contribution in [2.45, 2.75) is 6.92 Å². The minimum absolute atomic E-state index is 0.0947. The van der Waals surface area contributed by atoms with Gasteiger partial charge in [0, 0.05) is 23.1 Å². The minimum atomic E-state index is -0.262. The third-order valence-corrected chi connectivity index (χ3v) is 4.80. The molecule has 0 aliphatic carbocycles. The summed E-state index contributed by atoms with van der Waals surface area (Å²) in [5.41, 5.74) is 0.524. The molecule has 2 unspecified atom stereocenters. The van der Waals surface area contributed by atoms with Crippen LogP contribution in [0.25, 0.3) is 0 Å². The van der Waals surface area contributed by atoms with E-state index in [1.54, 1.807) is 23.1 Å². The van der Waals surface area contributed by atoms with E-state index < -0.39 is 0 Å². The highest BCUT2D eigenvalue weighted by Gasteiger charge is 2.37. The van der Waals surface area contributed by atoms with E-state index in [2.05, 4.69) is 15.9 Å². The quantitative estimate of drug-likeness (QED) is 0.762. The van der Waals surface area contributed by atoms with Crippen molar-refractivity contribution in [1.29, 1.82) is 0 Å². The number of halogens is 2. The Morgan fingerprint density at radius 2 is 2.10 bits per heavy atom. The molecule has 1 saturated heterocycles. The topological polar surface area (TPSA) is 46.6 Å². The number of nitrogens with zero attached hydrogens (tertiary/aromatic N) is 1. The van der Waals surface area contributed by atoms with Gasteiger partial charge in [-0.05, 0) is 40.0 Å². The van der Waals surface area contributed by atoms with E-state index >= 15 is 0 Å². The second kappa shape index (κ2) is 6.14. The Kier molecular flexibility index (Phi) is 4.70. The van der Waals surface area contributed by atoms with Crippen LogP contribution < -0.4 is 0 Å². The van der Waals surface area contributed by atoms with E-state index in [4.69, 9.17) is 16.3 Å². The zero-order valence-electron chi connectivity index (χ0n) is 11.2. The van der Waals surface area contributed by atoms with Crippen LogP contribution in [0, 0.1) is 11.8 Å². The third-order valence-electron chi connectivity index (χ3n) is 3.57. The summed E-state index contributed by atoms with van der Waals surface area (Å²) in [6.45, 7) is 2.88. The highest BCUT2D eigenvalue weighted by Crippen LogP contribution is 2.28. The number of methoxy groups -OCH3 is 1. The van der Waals surface area contributed by atoms with Gasteiger partial charge in [0.1, 0.15) is 0 Å². The molecular weight excluding hydrogens is 346 g/mol. The van der Waals surface area contributed by atoms with Gasteiger partial charge in [0.05, 0.1) is 18.1 Å². The number of carbonyl (C=O) groups excluding carboxylic acids is 2. The second-order valence-electron chi connectivity index (χ2n) is 4.95. The Balaban J connectivity index is 2.14. The number of likely N-dealkylation sites (tertiary alicyclic amines) is 1. The lowest BCUT2D eigenvalue weighted by Crippen LogP contribution is -2.30. The molecule has 2 rings (SSSR count). The van der Waals surface area contributed by atoms with Gasteiger partial charge in [0.2, 0.25) is 0 Å². The number of esters is 1. The fourth-order valence-electron chi connectivity index (χ4n) is 2.40. The summed E-state index contributed by atoms with van der Waals surface area (Å²) >= 11 is 9.29. The molecule has 0 N–H and O–H groups in total. The normalized spacial score (nSPS) is 21.9. The molecule has 0 radical (unpaired) electrons. The Morgan fingerprint density at radius 1 is 1.40 bits per heavy atom. The molecular formula is C14H15BrClNO3. The van der Waals surface area contributed by atoms with Gasteiger partial charge in [-0.15, -0.1) is 0 Å². The lowest BCUT2D eigenvalue weighted by molar-refractivity contribution is -0.146. The molecule has 1 aliphatic rings. The minimum Gasteiger partial charge on any atom is -0.469 e. The number of hydrogen-bond donors (Lipinski definition) is 0. The molecule has 1 aromatic carbocycles. The lowest BCUT2D eigenvalue weighted by Gasteiger charge is -2.16. The number of rotatable bonds is 2. The Bertz CT molecular complexity index is 549. The molecule has 2 atom stereocenters. The highest BCUT2D eigenvalue weighted by molar-refractivity contribution is 9.10. The molecule has 1 heterocycles. The van der Waals surface area contributed by atoms with Gasteiger partial charge in [-0.3, -0.25) is 9.59 Å². The van der Waals surface area contributed by atoms with E-state index in [9.17, 15) is 9.59 Å². The van der Waals surface area contributed by atoms with E-state index in [-0.39, 0.29) is 23.7 Å². The first-order valence-corrected chi connectivity index (χ1v) is 7.43. The predicted octanol–water partition coefficient (Wildman–Crippen LogP) is 2.98. The van der Waals surface area contributed by atoms with Crippen LogP contribution >= 0.6 is 27.5 Å². The molecule has 1 fully saturated rings. The van der Waals surface area contributed by atoms with Gasteiger partial charge >= 0.3 is 5.97 Å². The Labute approximate surface area is 131 Å². The molecule has 1 aromatic rings. The standard InChI is InChI=1S/C14H15BrClNO3/c1-8-6-17(7-10(8)14(19)20-2)13(18)9-3-4-11(15)12(16)5-9/h3-5,8,10H,6-7H2,1-2H3. The van der Waals surface area contributed by atoms with Crippen LogP contribution in [-0.4, -0.2) is 37.0 Å². The van der Waals surface area contributed by atoms with E-state index in [0.717, 1.165) is 4.47 Å². The van der Waals surface area contributed by atoms with Crippen LogP contribution in [0.4, 0.5) is 0 Å². The molecule has 0 saturated carbocycles. The smallest absolute Gasteiger partial charge is 0.310 e. The average Bonchev–Trinajstić information content (AvgIpc) is 2.82. The first-order valence-electron chi connectivity index (χ1n) is 6.26.